The number of benzene rings is 1. The molecule has 1 aromatic rings. The van der Waals surface area contributed by atoms with Gasteiger partial charge in [0.2, 0.25) is 0 Å². The predicted molar refractivity (Wildman–Crippen MR) is 66.6 cm³/mol. The van der Waals surface area contributed by atoms with Crippen LogP contribution in [0.3, 0.4) is 0 Å². The highest BCUT2D eigenvalue weighted by atomic mass is 19.1. The van der Waals surface area contributed by atoms with Crippen molar-refractivity contribution in [2.24, 2.45) is 5.41 Å². The minimum absolute atomic E-state index is 0.199. The maximum atomic E-state index is 13.1. The van der Waals surface area contributed by atoms with Crippen LogP contribution in [-0.4, -0.2) is 11.7 Å². The molecular weight excluding hydrogens is 219 g/mol. The Kier molecular flexibility index (Phi) is 4.52. The summed E-state index contributed by atoms with van der Waals surface area (Å²) in [5, 5.41) is 9.54. The average Bonchev–Trinajstić information content (AvgIpc) is 2.18. The molecule has 96 valence electrons. The van der Waals surface area contributed by atoms with E-state index in [0.29, 0.717) is 17.9 Å². The van der Waals surface area contributed by atoms with Crippen LogP contribution in [-0.2, 0) is 0 Å². The van der Waals surface area contributed by atoms with E-state index in [9.17, 15) is 9.50 Å². The molecule has 1 atom stereocenters. The molecule has 0 heterocycles. The smallest absolute Gasteiger partial charge is 0.125 e. The van der Waals surface area contributed by atoms with E-state index in [2.05, 4.69) is 20.8 Å². The molecule has 0 saturated heterocycles. The summed E-state index contributed by atoms with van der Waals surface area (Å²) in [5.74, 6) is 0.203. The molecule has 0 bridgehead atoms. The van der Waals surface area contributed by atoms with Gasteiger partial charge in [0.05, 0.1) is 12.7 Å². The van der Waals surface area contributed by atoms with Crippen LogP contribution in [0.1, 0.15) is 45.8 Å². The molecule has 0 radical (unpaired) electrons. The summed E-state index contributed by atoms with van der Waals surface area (Å²) in [5.41, 5.74) is 0.698. The number of halogens is 1. The van der Waals surface area contributed by atoms with Crippen molar-refractivity contribution in [3.8, 4) is 5.75 Å². The molecule has 0 spiro atoms. The zero-order chi connectivity index (χ0) is 13.1. The first-order chi connectivity index (χ1) is 7.79. The van der Waals surface area contributed by atoms with Gasteiger partial charge in [-0.2, -0.15) is 0 Å². The zero-order valence-corrected chi connectivity index (χ0v) is 11.0. The number of aliphatic hydroxyl groups is 1. The van der Waals surface area contributed by atoms with Crippen LogP contribution in [0.2, 0.25) is 0 Å². The van der Waals surface area contributed by atoms with Crippen molar-refractivity contribution in [1.29, 1.82) is 0 Å². The molecule has 1 aromatic carbocycles. The van der Waals surface area contributed by atoms with Crippen LogP contribution in [0.25, 0.3) is 0 Å². The zero-order valence-electron chi connectivity index (χ0n) is 11.0. The van der Waals surface area contributed by atoms with Crippen molar-refractivity contribution in [2.45, 2.75) is 40.2 Å². The highest BCUT2D eigenvalue weighted by molar-refractivity contribution is 5.35. The Morgan fingerprint density at radius 1 is 1.35 bits per heavy atom. The Morgan fingerprint density at radius 3 is 2.53 bits per heavy atom. The summed E-state index contributed by atoms with van der Waals surface area (Å²) in [6.07, 6.45) is 0.180. The normalized spacial score (nSPS) is 13.5. The lowest BCUT2D eigenvalue weighted by molar-refractivity contribution is 0.186. The summed E-state index contributed by atoms with van der Waals surface area (Å²) < 4.78 is 18.7. The topological polar surface area (TPSA) is 29.5 Å². The van der Waals surface area contributed by atoms with E-state index in [0.717, 1.165) is 6.42 Å². The van der Waals surface area contributed by atoms with Gasteiger partial charge in [0, 0.05) is 5.56 Å². The minimum Gasteiger partial charge on any atom is -0.493 e. The molecule has 0 fully saturated rings. The second-order valence-corrected chi connectivity index (χ2v) is 5.52. The van der Waals surface area contributed by atoms with Crippen molar-refractivity contribution < 1.29 is 14.2 Å². The lowest BCUT2D eigenvalue weighted by Gasteiger charge is -2.19. The van der Waals surface area contributed by atoms with E-state index in [-0.39, 0.29) is 11.2 Å². The van der Waals surface area contributed by atoms with Crippen molar-refractivity contribution in [1.82, 2.24) is 0 Å². The molecule has 0 saturated carbocycles. The van der Waals surface area contributed by atoms with E-state index in [1.54, 1.807) is 13.0 Å². The lowest BCUT2D eigenvalue weighted by Crippen LogP contribution is -2.12. The van der Waals surface area contributed by atoms with Gasteiger partial charge in [0.25, 0.3) is 0 Å². The minimum atomic E-state index is -0.727. The molecule has 1 rings (SSSR count). The molecule has 1 unspecified atom stereocenters. The Bertz CT molecular complexity index is 367. The molecule has 0 aliphatic carbocycles. The Balaban J connectivity index is 2.70. The first-order valence-corrected chi connectivity index (χ1v) is 5.90. The number of ether oxygens (including phenoxy) is 1. The average molecular weight is 240 g/mol. The molecule has 1 N–H and O–H groups in total. The van der Waals surface area contributed by atoms with E-state index in [1.165, 1.54) is 12.1 Å². The molecule has 17 heavy (non-hydrogen) atoms. The van der Waals surface area contributed by atoms with E-state index in [1.807, 2.05) is 0 Å². The maximum Gasteiger partial charge on any atom is 0.125 e. The third kappa shape index (κ3) is 4.73. The summed E-state index contributed by atoms with van der Waals surface area (Å²) >= 11 is 0. The molecule has 3 heteroatoms. The molecule has 0 aliphatic heterocycles. The van der Waals surface area contributed by atoms with Crippen molar-refractivity contribution in [3.63, 3.8) is 0 Å². The number of hydrogen-bond acceptors (Lipinski definition) is 2. The largest absolute Gasteiger partial charge is 0.493 e. The van der Waals surface area contributed by atoms with Gasteiger partial charge in [-0.3, -0.25) is 0 Å². The maximum absolute atomic E-state index is 13.1. The first kappa shape index (κ1) is 14.0. The highest BCUT2D eigenvalue weighted by Gasteiger charge is 2.13. The van der Waals surface area contributed by atoms with Gasteiger partial charge in [-0.15, -0.1) is 0 Å². The highest BCUT2D eigenvalue weighted by Crippen LogP contribution is 2.27. The van der Waals surface area contributed by atoms with Crippen LogP contribution < -0.4 is 4.74 Å². The van der Waals surface area contributed by atoms with Gasteiger partial charge in [0.15, 0.2) is 0 Å². The van der Waals surface area contributed by atoms with Gasteiger partial charge >= 0.3 is 0 Å². The fourth-order valence-electron chi connectivity index (χ4n) is 1.44. The first-order valence-electron chi connectivity index (χ1n) is 5.90. The van der Waals surface area contributed by atoms with Crippen molar-refractivity contribution in [3.05, 3.63) is 29.6 Å². The Hall–Kier alpha value is -1.09. The number of rotatable bonds is 4. The molecule has 0 aromatic heterocycles. The Morgan fingerprint density at radius 2 is 2.00 bits per heavy atom. The van der Waals surface area contributed by atoms with E-state index >= 15 is 0 Å². The van der Waals surface area contributed by atoms with E-state index < -0.39 is 6.10 Å². The third-order valence-corrected chi connectivity index (χ3v) is 2.53. The summed E-state index contributed by atoms with van der Waals surface area (Å²) in [6, 6.07) is 4.23. The molecular formula is C14H21FO2. The quantitative estimate of drug-likeness (QED) is 0.869. The van der Waals surface area contributed by atoms with Gasteiger partial charge in [-0.05, 0) is 37.0 Å². The number of aliphatic hydroxyl groups excluding tert-OH is 1. The molecule has 2 nitrogen and oxygen atoms in total. The van der Waals surface area contributed by atoms with Gasteiger partial charge < -0.3 is 9.84 Å². The SMILES string of the molecule is CC(O)c1cc(F)ccc1OCCC(C)(C)C. The standard InChI is InChI=1S/C14H21FO2/c1-10(16)12-9-11(15)5-6-13(12)17-8-7-14(2,3)4/h5-6,9-10,16H,7-8H2,1-4H3. The van der Waals surface area contributed by atoms with Crippen molar-refractivity contribution in [2.75, 3.05) is 6.61 Å². The summed E-state index contributed by atoms with van der Waals surface area (Å²) in [6.45, 7) is 8.57. The number of hydrogen-bond donors (Lipinski definition) is 1. The van der Waals surface area contributed by atoms with Crippen LogP contribution in [0, 0.1) is 11.2 Å². The fourth-order valence-corrected chi connectivity index (χ4v) is 1.44. The van der Waals surface area contributed by atoms with Crippen LogP contribution in [0.15, 0.2) is 18.2 Å². The molecule has 0 amide bonds. The Labute approximate surface area is 102 Å². The second-order valence-electron chi connectivity index (χ2n) is 5.52. The van der Waals surface area contributed by atoms with Crippen LogP contribution in [0.4, 0.5) is 4.39 Å². The third-order valence-electron chi connectivity index (χ3n) is 2.53. The van der Waals surface area contributed by atoms with Gasteiger partial charge in [0.1, 0.15) is 11.6 Å². The van der Waals surface area contributed by atoms with Crippen LogP contribution >= 0.6 is 0 Å². The summed E-state index contributed by atoms with van der Waals surface area (Å²) in [7, 11) is 0. The van der Waals surface area contributed by atoms with Gasteiger partial charge in [-0.1, -0.05) is 20.8 Å². The van der Waals surface area contributed by atoms with Crippen molar-refractivity contribution >= 4 is 0 Å². The summed E-state index contributed by atoms with van der Waals surface area (Å²) in [4.78, 5) is 0. The monoisotopic (exact) mass is 240 g/mol. The fraction of sp³-hybridized carbons (Fsp3) is 0.571. The molecule has 0 aliphatic rings. The van der Waals surface area contributed by atoms with Crippen LogP contribution in [0.5, 0.6) is 5.75 Å². The van der Waals surface area contributed by atoms with Gasteiger partial charge in [-0.25, -0.2) is 4.39 Å². The van der Waals surface area contributed by atoms with E-state index in [4.69, 9.17) is 4.74 Å². The second kappa shape index (κ2) is 5.50. The predicted octanol–water partition coefficient (Wildman–Crippen LogP) is 3.69. The lowest BCUT2D eigenvalue weighted by atomic mass is 9.93.